The number of H-pyrrole nitrogens is 1. The topological polar surface area (TPSA) is 60.7 Å². The highest BCUT2D eigenvalue weighted by Gasteiger charge is 2.10. The summed E-state index contributed by atoms with van der Waals surface area (Å²) in [6, 6.07) is 10.2. The number of aromatic nitrogens is 5. The highest BCUT2D eigenvalue weighted by molar-refractivity contribution is 7.71. The van der Waals surface area contributed by atoms with Gasteiger partial charge in [0, 0.05) is 13.3 Å². The van der Waals surface area contributed by atoms with E-state index in [-0.39, 0.29) is 0 Å². The average Bonchev–Trinajstić information content (AvgIpc) is 3.07. The normalized spacial score (nSPS) is 10.9. The van der Waals surface area contributed by atoms with Crippen molar-refractivity contribution in [2.45, 2.75) is 13.2 Å². The van der Waals surface area contributed by atoms with Crippen LogP contribution in [0.15, 0.2) is 42.7 Å². The standard InChI is InChI=1S/C14H15N5OS/c1-20-10-13-16-17-14(21)19(13)12-7-15-18(9-12)8-11-5-3-2-4-6-11/h2-7,9H,8,10H2,1H3,(H,17,21). The summed E-state index contributed by atoms with van der Waals surface area (Å²) in [4.78, 5) is 0. The fourth-order valence-corrected chi connectivity index (χ4v) is 2.40. The third-order valence-corrected chi connectivity index (χ3v) is 3.35. The van der Waals surface area contributed by atoms with Gasteiger partial charge in [0.05, 0.1) is 18.4 Å². The summed E-state index contributed by atoms with van der Waals surface area (Å²) in [6.45, 7) is 1.10. The maximum absolute atomic E-state index is 5.26. The molecule has 0 fully saturated rings. The van der Waals surface area contributed by atoms with Crippen LogP contribution in [0.25, 0.3) is 5.69 Å². The summed E-state index contributed by atoms with van der Waals surface area (Å²) in [7, 11) is 1.63. The van der Waals surface area contributed by atoms with Gasteiger partial charge in [-0.25, -0.2) is 0 Å². The van der Waals surface area contributed by atoms with E-state index in [0.29, 0.717) is 17.9 Å². The first-order valence-corrected chi connectivity index (χ1v) is 6.91. The van der Waals surface area contributed by atoms with Crippen LogP contribution in [0.1, 0.15) is 11.4 Å². The van der Waals surface area contributed by atoms with Crippen molar-refractivity contribution < 1.29 is 4.74 Å². The maximum atomic E-state index is 5.26. The van der Waals surface area contributed by atoms with Crippen LogP contribution in [0.3, 0.4) is 0 Å². The molecular formula is C14H15N5OS. The fraction of sp³-hybridized carbons (Fsp3) is 0.214. The van der Waals surface area contributed by atoms with Crippen molar-refractivity contribution in [3.8, 4) is 5.69 Å². The molecule has 0 spiro atoms. The number of rotatable bonds is 5. The van der Waals surface area contributed by atoms with Gasteiger partial charge in [0.1, 0.15) is 6.61 Å². The predicted molar refractivity (Wildman–Crippen MR) is 80.8 cm³/mol. The molecule has 0 aliphatic heterocycles. The second-order valence-corrected chi connectivity index (χ2v) is 4.98. The number of aromatic amines is 1. The summed E-state index contributed by atoms with van der Waals surface area (Å²) in [5.74, 6) is 0.724. The first-order chi connectivity index (χ1) is 10.3. The number of nitrogens with zero attached hydrogens (tertiary/aromatic N) is 4. The smallest absolute Gasteiger partial charge is 0.200 e. The minimum atomic E-state index is 0.386. The van der Waals surface area contributed by atoms with E-state index in [1.165, 1.54) is 5.56 Å². The number of nitrogens with one attached hydrogen (secondary N) is 1. The molecule has 2 heterocycles. The van der Waals surface area contributed by atoms with Crippen LogP contribution in [0.4, 0.5) is 0 Å². The summed E-state index contributed by atoms with van der Waals surface area (Å²) in [5, 5.41) is 11.3. The summed E-state index contributed by atoms with van der Waals surface area (Å²) in [5.41, 5.74) is 2.07. The van der Waals surface area contributed by atoms with E-state index < -0.39 is 0 Å². The Bertz CT molecular complexity index is 774. The Balaban J connectivity index is 1.88. The number of hydrogen-bond acceptors (Lipinski definition) is 4. The molecule has 6 nitrogen and oxygen atoms in total. The SMILES string of the molecule is COCc1n[nH]c(=S)n1-c1cnn(Cc2ccccc2)c1. The number of methoxy groups -OCH3 is 1. The van der Waals surface area contributed by atoms with Gasteiger partial charge in [-0.05, 0) is 17.8 Å². The lowest BCUT2D eigenvalue weighted by molar-refractivity contribution is 0.176. The largest absolute Gasteiger partial charge is 0.377 e. The first kappa shape index (κ1) is 13.7. The minimum absolute atomic E-state index is 0.386. The van der Waals surface area contributed by atoms with E-state index in [9.17, 15) is 0 Å². The van der Waals surface area contributed by atoms with Crippen LogP contribution in [-0.4, -0.2) is 31.7 Å². The molecule has 3 rings (SSSR count). The van der Waals surface area contributed by atoms with E-state index in [1.54, 1.807) is 13.3 Å². The van der Waals surface area contributed by atoms with Crippen LogP contribution in [-0.2, 0) is 17.9 Å². The average molecular weight is 301 g/mol. The van der Waals surface area contributed by atoms with E-state index >= 15 is 0 Å². The van der Waals surface area contributed by atoms with Crippen molar-refractivity contribution in [3.05, 3.63) is 58.9 Å². The quantitative estimate of drug-likeness (QED) is 0.735. The molecule has 1 aromatic carbocycles. The van der Waals surface area contributed by atoms with Crippen molar-refractivity contribution in [1.29, 1.82) is 0 Å². The van der Waals surface area contributed by atoms with E-state index in [2.05, 4.69) is 27.4 Å². The van der Waals surface area contributed by atoms with Crippen LogP contribution in [0.5, 0.6) is 0 Å². The summed E-state index contributed by atoms with van der Waals surface area (Å²) >= 11 is 5.26. The summed E-state index contributed by atoms with van der Waals surface area (Å²) < 4.78 is 9.36. The zero-order chi connectivity index (χ0) is 14.7. The lowest BCUT2D eigenvalue weighted by Gasteiger charge is -2.03. The van der Waals surface area contributed by atoms with E-state index in [4.69, 9.17) is 17.0 Å². The molecule has 0 unspecified atom stereocenters. The Kier molecular flexibility index (Phi) is 3.94. The van der Waals surface area contributed by atoms with Crippen LogP contribution >= 0.6 is 12.2 Å². The lowest BCUT2D eigenvalue weighted by atomic mass is 10.2. The van der Waals surface area contributed by atoms with Crippen molar-refractivity contribution in [2.24, 2.45) is 0 Å². The molecule has 0 aliphatic carbocycles. The van der Waals surface area contributed by atoms with Gasteiger partial charge in [-0.2, -0.15) is 10.2 Å². The molecule has 108 valence electrons. The zero-order valence-corrected chi connectivity index (χ0v) is 12.4. The molecule has 0 atom stereocenters. The lowest BCUT2D eigenvalue weighted by Crippen LogP contribution is -2.02. The van der Waals surface area contributed by atoms with Crippen molar-refractivity contribution in [2.75, 3.05) is 7.11 Å². The van der Waals surface area contributed by atoms with Gasteiger partial charge in [0.25, 0.3) is 0 Å². The van der Waals surface area contributed by atoms with Crippen molar-refractivity contribution >= 4 is 12.2 Å². The van der Waals surface area contributed by atoms with E-state index in [0.717, 1.165) is 11.5 Å². The highest BCUT2D eigenvalue weighted by Crippen LogP contribution is 2.12. The second kappa shape index (κ2) is 6.02. The molecule has 0 amide bonds. The van der Waals surface area contributed by atoms with Crippen LogP contribution in [0, 0.1) is 4.77 Å². The Morgan fingerprint density at radius 1 is 1.29 bits per heavy atom. The third kappa shape index (κ3) is 2.93. The Labute approximate surface area is 127 Å². The number of benzene rings is 1. The number of hydrogen-bond donors (Lipinski definition) is 1. The molecule has 1 N–H and O–H groups in total. The molecule has 3 aromatic rings. The van der Waals surface area contributed by atoms with E-state index in [1.807, 2.05) is 33.6 Å². The molecule has 0 radical (unpaired) electrons. The molecule has 0 bridgehead atoms. The van der Waals surface area contributed by atoms with Crippen LogP contribution < -0.4 is 0 Å². The van der Waals surface area contributed by atoms with Gasteiger partial charge in [-0.15, -0.1) is 0 Å². The molecule has 0 saturated carbocycles. The van der Waals surface area contributed by atoms with Gasteiger partial charge in [0.2, 0.25) is 0 Å². The Morgan fingerprint density at radius 3 is 2.86 bits per heavy atom. The molecule has 2 aromatic heterocycles. The molecule has 0 aliphatic rings. The Hall–Kier alpha value is -2.25. The molecule has 7 heteroatoms. The minimum Gasteiger partial charge on any atom is -0.377 e. The molecular weight excluding hydrogens is 286 g/mol. The summed E-state index contributed by atoms with van der Waals surface area (Å²) in [6.07, 6.45) is 3.71. The zero-order valence-electron chi connectivity index (χ0n) is 11.6. The van der Waals surface area contributed by atoms with Gasteiger partial charge < -0.3 is 4.74 Å². The van der Waals surface area contributed by atoms with Gasteiger partial charge in [-0.3, -0.25) is 14.3 Å². The van der Waals surface area contributed by atoms with Gasteiger partial charge >= 0.3 is 0 Å². The molecule has 21 heavy (non-hydrogen) atoms. The fourth-order valence-electron chi connectivity index (χ4n) is 2.15. The Morgan fingerprint density at radius 2 is 2.10 bits per heavy atom. The monoisotopic (exact) mass is 301 g/mol. The van der Waals surface area contributed by atoms with Gasteiger partial charge in [0.15, 0.2) is 10.6 Å². The predicted octanol–water partition coefficient (Wildman–Crippen LogP) is 2.32. The number of ether oxygens (including phenoxy) is 1. The second-order valence-electron chi connectivity index (χ2n) is 4.60. The van der Waals surface area contributed by atoms with Gasteiger partial charge in [-0.1, -0.05) is 30.3 Å². The third-order valence-electron chi connectivity index (χ3n) is 3.08. The maximum Gasteiger partial charge on any atom is 0.200 e. The molecule has 0 saturated heterocycles. The van der Waals surface area contributed by atoms with Crippen molar-refractivity contribution in [1.82, 2.24) is 24.5 Å². The highest BCUT2D eigenvalue weighted by atomic mass is 32.1. The first-order valence-electron chi connectivity index (χ1n) is 6.50. The van der Waals surface area contributed by atoms with Crippen molar-refractivity contribution in [3.63, 3.8) is 0 Å². The van der Waals surface area contributed by atoms with Crippen LogP contribution in [0.2, 0.25) is 0 Å².